The molecule has 2 heterocycles. The number of hydrogen-bond acceptors (Lipinski definition) is 5. The number of rotatable bonds is 8. The van der Waals surface area contributed by atoms with Crippen molar-refractivity contribution in [2.45, 2.75) is 46.1 Å². The van der Waals surface area contributed by atoms with Crippen molar-refractivity contribution in [3.05, 3.63) is 68.1 Å². The highest BCUT2D eigenvalue weighted by Gasteiger charge is 2.28. The summed E-state index contributed by atoms with van der Waals surface area (Å²) in [6.07, 6.45) is 2.08. The third-order valence-electron chi connectivity index (χ3n) is 5.48. The average Bonchev–Trinajstić information content (AvgIpc) is 3.40. The van der Waals surface area contributed by atoms with E-state index >= 15 is 0 Å². The molecule has 0 unspecified atom stereocenters. The number of hydrogen-bond donors (Lipinski definition) is 0. The van der Waals surface area contributed by atoms with E-state index < -0.39 is 5.60 Å². The number of nitrogens with zero attached hydrogens (tertiary/aromatic N) is 4. The van der Waals surface area contributed by atoms with Gasteiger partial charge in [-0.3, -0.25) is 0 Å². The fourth-order valence-corrected chi connectivity index (χ4v) is 5.12. The van der Waals surface area contributed by atoms with Crippen LogP contribution in [0.15, 0.2) is 42.5 Å². The summed E-state index contributed by atoms with van der Waals surface area (Å²) in [4.78, 5) is 0. The molecule has 0 spiro atoms. The lowest BCUT2D eigenvalue weighted by Crippen LogP contribution is -2.22. The minimum atomic E-state index is -0.528. The van der Waals surface area contributed by atoms with Crippen molar-refractivity contribution in [1.82, 2.24) is 20.0 Å². The molecular formula is C25H25Cl3N4OS. The van der Waals surface area contributed by atoms with Crippen molar-refractivity contribution in [2.75, 3.05) is 6.61 Å². The van der Waals surface area contributed by atoms with E-state index in [2.05, 4.69) is 17.1 Å². The maximum Gasteiger partial charge on any atom is 0.168 e. The summed E-state index contributed by atoms with van der Waals surface area (Å²) < 4.78 is 7.91. The lowest BCUT2D eigenvalue weighted by atomic mass is 10.1. The lowest BCUT2D eigenvalue weighted by Gasteiger charge is -2.21. The fourth-order valence-electron chi connectivity index (χ4n) is 3.57. The molecule has 0 aliphatic carbocycles. The van der Waals surface area contributed by atoms with Gasteiger partial charge in [-0.1, -0.05) is 71.6 Å². The third kappa shape index (κ3) is 5.16. The molecule has 9 heteroatoms. The number of ether oxygens (including phenoxy) is 1. The maximum atomic E-state index is 6.57. The number of benzene rings is 2. The number of aromatic nitrogens is 4. The van der Waals surface area contributed by atoms with Crippen LogP contribution in [0.2, 0.25) is 15.1 Å². The van der Waals surface area contributed by atoms with Crippen molar-refractivity contribution in [2.24, 2.45) is 0 Å². The Morgan fingerprint density at radius 3 is 2.38 bits per heavy atom. The molecule has 0 fully saturated rings. The van der Waals surface area contributed by atoms with Gasteiger partial charge in [0.2, 0.25) is 0 Å². The largest absolute Gasteiger partial charge is 0.368 e. The van der Waals surface area contributed by atoms with E-state index in [0.29, 0.717) is 21.7 Å². The summed E-state index contributed by atoms with van der Waals surface area (Å²) in [5.41, 5.74) is 3.74. The summed E-state index contributed by atoms with van der Waals surface area (Å²) in [5, 5.41) is 17.1. The Balaban J connectivity index is 1.82. The Morgan fingerprint density at radius 1 is 1.00 bits per heavy atom. The van der Waals surface area contributed by atoms with Crippen LogP contribution in [0.3, 0.4) is 0 Å². The molecule has 0 amide bonds. The van der Waals surface area contributed by atoms with Crippen LogP contribution in [0, 0.1) is 6.92 Å². The molecule has 4 rings (SSSR count). The van der Waals surface area contributed by atoms with Gasteiger partial charge in [0.1, 0.15) is 16.3 Å². The lowest BCUT2D eigenvalue weighted by molar-refractivity contribution is -0.0234. The Morgan fingerprint density at radius 2 is 1.71 bits per heavy atom. The van der Waals surface area contributed by atoms with Crippen molar-refractivity contribution in [3.63, 3.8) is 0 Å². The maximum absolute atomic E-state index is 6.57. The summed E-state index contributed by atoms with van der Waals surface area (Å²) in [6.45, 7) is 8.89. The van der Waals surface area contributed by atoms with Crippen LogP contribution < -0.4 is 0 Å². The Hall–Kier alpha value is -1.96. The van der Waals surface area contributed by atoms with Gasteiger partial charge in [0.25, 0.3) is 0 Å². The first-order valence-corrected chi connectivity index (χ1v) is 13.0. The SMILES string of the molecule is CCCCOC(C)(C)c1nnc(-c2nn(-c3ccc(Cl)cc3Cl)c(-c3ccc(Cl)cc3)c2C)s1. The molecule has 0 saturated heterocycles. The molecule has 178 valence electrons. The van der Waals surface area contributed by atoms with Gasteiger partial charge >= 0.3 is 0 Å². The molecule has 0 aliphatic heterocycles. The van der Waals surface area contributed by atoms with Crippen LogP contribution in [0.5, 0.6) is 0 Å². The molecule has 0 atom stereocenters. The number of unbranched alkanes of at least 4 members (excludes halogenated alkanes) is 1. The normalized spacial score (nSPS) is 11.9. The highest BCUT2D eigenvalue weighted by molar-refractivity contribution is 7.14. The first-order valence-electron chi connectivity index (χ1n) is 11.0. The molecule has 5 nitrogen and oxygen atoms in total. The highest BCUT2D eigenvalue weighted by Crippen LogP contribution is 2.39. The van der Waals surface area contributed by atoms with Crippen molar-refractivity contribution in [1.29, 1.82) is 0 Å². The smallest absolute Gasteiger partial charge is 0.168 e. The van der Waals surface area contributed by atoms with Gasteiger partial charge in [-0.2, -0.15) is 5.10 Å². The zero-order chi connectivity index (χ0) is 24.5. The van der Waals surface area contributed by atoms with Gasteiger partial charge in [0, 0.05) is 27.8 Å². The second-order valence-corrected chi connectivity index (χ2v) is 10.7. The predicted molar refractivity (Wildman–Crippen MR) is 142 cm³/mol. The number of halogens is 3. The molecule has 4 aromatic rings. The van der Waals surface area contributed by atoms with Gasteiger partial charge in [-0.05, 0) is 57.5 Å². The standard InChI is InChI=1S/C25H25Cl3N4OS/c1-5-6-13-33-25(3,4)24-30-29-23(34-24)21-15(2)22(16-7-9-17(26)10-8-16)32(31-21)20-12-11-18(27)14-19(20)28/h7-12,14H,5-6,13H2,1-4H3. The van der Waals surface area contributed by atoms with Gasteiger partial charge in [-0.25, -0.2) is 4.68 Å². The molecule has 0 aliphatic rings. The molecule has 0 radical (unpaired) electrons. The van der Waals surface area contributed by atoms with Crippen molar-refractivity contribution in [3.8, 4) is 27.6 Å². The summed E-state index contributed by atoms with van der Waals surface area (Å²) in [6, 6.07) is 13.0. The van der Waals surface area contributed by atoms with E-state index in [9.17, 15) is 0 Å². The van der Waals surface area contributed by atoms with E-state index in [1.807, 2.05) is 55.8 Å². The minimum Gasteiger partial charge on any atom is -0.368 e. The van der Waals surface area contributed by atoms with Gasteiger partial charge in [0.05, 0.1) is 16.4 Å². The molecule has 2 aromatic carbocycles. The van der Waals surface area contributed by atoms with Crippen LogP contribution in [0.1, 0.15) is 44.2 Å². The van der Waals surface area contributed by atoms with Crippen molar-refractivity contribution < 1.29 is 4.74 Å². The van der Waals surface area contributed by atoms with Crippen LogP contribution in [0.25, 0.3) is 27.6 Å². The first kappa shape index (κ1) is 25.1. The second kappa shape index (κ2) is 10.3. The van der Waals surface area contributed by atoms with E-state index in [1.54, 1.807) is 12.1 Å². The fraction of sp³-hybridized carbons (Fsp3) is 0.320. The monoisotopic (exact) mass is 534 g/mol. The van der Waals surface area contributed by atoms with E-state index in [-0.39, 0.29) is 0 Å². The van der Waals surface area contributed by atoms with Crippen LogP contribution in [-0.4, -0.2) is 26.6 Å². The first-order chi connectivity index (χ1) is 16.2. The Kier molecular flexibility index (Phi) is 7.65. The summed E-state index contributed by atoms with van der Waals surface area (Å²) in [5.74, 6) is 0. The van der Waals surface area contributed by atoms with Crippen LogP contribution >= 0.6 is 46.1 Å². The van der Waals surface area contributed by atoms with E-state index in [1.165, 1.54) is 11.3 Å². The Labute approximate surface area is 218 Å². The van der Waals surface area contributed by atoms with Crippen LogP contribution in [-0.2, 0) is 10.3 Å². The highest BCUT2D eigenvalue weighted by atomic mass is 35.5. The quantitative estimate of drug-likeness (QED) is 0.213. The molecule has 0 bridgehead atoms. The molecule has 0 N–H and O–H groups in total. The van der Waals surface area contributed by atoms with Gasteiger partial charge in [0.15, 0.2) is 5.01 Å². The zero-order valence-corrected chi connectivity index (χ0v) is 22.5. The second-order valence-electron chi connectivity index (χ2n) is 8.46. The van der Waals surface area contributed by atoms with E-state index in [4.69, 9.17) is 44.6 Å². The summed E-state index contributed by atoms with van der Waals surface area (Å²) >= 11 is 20.3. The summed E-state index contributed by atoms with van der Waals surface area (Å²) in [7, 11) is 0. The molecule has 0 saturated carbocycles. The Bertz CT molecular complexity index is 1300. The zero-order valence-electron chi connectivity index (χ0n) is 19.4. The third-order valence-corrected chi connectivity index (χ3v) is 7.51. The minimum absolute atomic E-state index is 0.500. The molecule has 2 aromatic heterocycles. The average molecular weight is 536 g/mol. The molecular weight excluding hydrogens is 511 g/mol. The van der Waals surface area contributed by atoms with E-state index in [0.717, 1.165) is 51.1 Å². The van der Waals surface area contributed by atoms with Crippen molar-refractivity contribution >= 4 is 46.1 Å². The van der Waals surface area contributed by atoms with Crippen LogP contribution in [0.4, 0.5) is 0 Å². The molecule has 34 heavy (non-hydrogen) atoms. The van der Waals surface area contributed by atoms with Gasteiger partial charge in [-0.15, -0.1) is 10.2 Å². The predicted octanol–water partition coefficient (Wildman–Crippen LogP) is 8.38. The topological polar surface area (TPSA) is 52.8 Å². The van der Waals surface area contributed by atoms with Gasteiger partial charge < -0.3 is 4.74 Å².